The third-order valence-corrected chi connectivity index (χ3v) is 7.29. The third-order valence-electron chi connectivity index (χ3n) is 5.04. The minimum atomic E-state index is -3.73. The van der Waals surface area contributed by atoms with Gasteiger partial charge in [-0.2, -0.15) is 0 Å². The van der Waals surface area contributed by atoms with Crippen LogP contribution in [-0.2, 0) is 26.1 Å². The third kappa shape index (κ3) is 6.65. The molecule has 3 N–H and O–H groups in total. The summed E-state index contributed by atoms with van der Waals surface area (Å²) in [4.78, 5) is 12.5. The van der Waals surface area contributed by atoms with Gasteiger partial charge in [-0.1, -0.05) is 47.5 Å². The number of carbonyl (C=O) groups is 1. The second kappa shape index (κ2) is 10.8. The van der Waals surface area contributed by atoms with Gasteiger partial charge in [-0.25, -0.2) is 13.1 Å². The van der Waals surface area contributed by atoms with Gasteiger partial charge in [0.05, 0.1) is 46.2 Å². The molecule has 0 spiro atoms. The van der Waals surface area contributed by atoms with Crippen molar-refractivity contribution in [1.82, 2.24) is 10.0 Å². The van der Waals surface area contributed by atoms with Crippen LogP contribution in [0, 0.1) is 0 Å². The number of aliphatic hydroxyl groups excluding tert-OH is 1. The monoisotopic (exact) mass is 486 g/mol. The maximum absolute atomic E-state index is 12.6. The Labute approximate surface area is 191 Å². The Morgan fingerprint density at radius 3 is 2.52 bits per heavy atom. The van der Waals surface area contributed by atoms with Crippen LogP contribution < -0.4 is 10.0 Å². The zero-order valence-corrected chi connectivity index (χ0v) is 19.0. The molecule has 0 aliphatic carbocycles. The molecule has 0 bridgehead atoms. The van der Waals surface area contributed by atoms with Crippen LogP contribution in [0.5, 0.6) is 0 Å². The van der Waals surface area contributed by atoms with Crippen molar-refractivity contribution >= 4 is 39.1 Å². The molecule has 0 saturated carbocycles. The number of rotatable bonds is 8. The van der Waals surface area contributed by atoms with E-state index in [0.717, 1.165) is 5.56 Å². The van der Waals surface area contributed by atoms with Crippen molar-refractivity contribution in [2.75, 3.05) is 6.61 Å². The number of sulfonamides is 1. The van der Waals surface area contributed by atoms with Gasteiger partial charge in [-0.15, -0.1) is 0 Å². The van der Waals surface area contributed by atoms with Crippen LogP contribution >= 0.6 is 23.2 Å². The minimum absolute atomic E-state index is 0.107. The minimum Gasteiger partial charge on any atom is -0.394 e. The zero-order chi connectivity index (χ0) is 22.4. The summed E-state index contributed by atoms with van der Waals surface area (Å²) in [5, 5.41) is 13.4. The predicted octanol–water partition coefficient (Wildman–Crippen LogP) is 2.89. The smallest absolute Gasteiger partial charge is 0.240 e. The second-order valence-corrected chi connectivity index (χ2v) is 9.85. The first-order valence-electron chi connectivity index (χ1n) is 9.83. The number of benzene rings is 2. The van der Waals surface area contributed by atoms with Gasteiger partial charge in [0.25, 0.3) is 0 Å². The predicted molar refractivity (Wildman–Crippen MR) is 118 cm³/mol. The lowest BCUT2D eigenvalue weighted by atomic mass is 9.98. The first kappa shape index (κ1) is 24.0. The summed E-state index contributed by atoms with van der Waals surface area (Å²) in [6.45, 7) is -0.0608. The number of halogens is 2. The number of hydrogen-bond donors (Lipinski definition) is 3. The Morgan fingerprint density at radius 2 is 1.84 bits per heavy atom. The molecule has 1 saturated heterocycles. The van der Waals surface area contributed by atoms with E-state index in [1.54, 1.807) is 36.4 Å². The Kier molecular flexibility index (Phi) is 8.32. The van der Waals surface area contributed by atoms with Crippen molar-refractivity contribution in [3.05, 3.63) is 64.1 Å². The molecule has 2 aromatic carbocycles. The lowest BCUT2D eigenvalue weighted by Crippen LogP contribution is -2.51. The van der Waals surface area contributed by atoms with Gasteiger partial charge in [-0.3, -0.25) is 4.79 Å². The molecule has 3 rings (SSSR count). The maximum atomic E-state index is 12.6. The van der Waals surface area contributed by atoms with E-state index < -0.39 is 28.3 Å². The Balaban J connectivity index is 1.52. The van der Waals surface area contributed by atoms with Crippen LogP contribution in [0.15, 0.2) is 53.4 Å². The van der Waals surface area contributed by atoms with Crippen LogP contribution in [0.3, 0.4) is 0 Å². The molecule has 168 valence electrons. The topological polar surface area (TPSA) is 105 Å². The van der Waals surface area contributed by atoms with E-state index in [9.17, 15) is 18.3 Å². The van der Waals surface area contributed by atoms with E-state index in [-0.39, 0.29) is 23.8 Å². The second-order valence-electron chi connectivity index (χ2n) is 7.33. The maximum Gasteiger partial charge on any atom is 0.240 e. The van der Waals surface area contributed by atoms with Crippen LogP contribution in [-0.4, -0.2) is 44.3 Å². The average molecular weight is 487 g/mol. The highest BCUT2D eigenvalue weighted by atomic mass is 35.5. The first-order chi connectivity index (χ1) is 14.8. The van der Waals surface area contributed by atoms with Gasteiger partial charge in [-0.05, 0) is 42.7 Å². The Hall–Kier alpha value is -1.68. The van der Waals surface area contributed by atoms with Gasteiger partial charge in [0.2, 0.25) is 15.9 Å². The molecule has 1 heterocycles. The number of carbonyl (C=O) groups excluding carboxylic acids is 1. The highest BCUT2D eigenvalue weighted by Crippen LogP contribution is 2.24. The molecular weight excluding hydrogens is 463 g/mol. The lowest BCUT2D eigenvalue weighted by molar-refractivity contribution is -0.130. The van der Waals surface area contributed by atoms with Crippen LogP contribution in [0.1, 0.15) is 24.8 Å². The largest absolute Gasteiger partial charge is 0.394 e. The van der Waals surface area contributed by atoms with E-state index >= 15 is 0 Å². The van der Waals surface area contributed by atoms with E-state index in [0.29, 0.717) is 29.4 Å². The number of ether oxygens (including phenoxy) is 1. The summed E-state index contributed by atoms with van der Waals surface area (Å²) in [6, 6.07) is 12.6. The van der Waals surface area contributed by atoms with E-state index in [2.05, 4.69) is 10.0 Å². The summed E-state index contributed by atoms with van der Waals surface area (Å²) in [7, 11) is -3.73. The quantitative estimate of drug-likeness (QED) is 0.531. The van der Waals surface area contributed by atoms with Crippen molar-refractivity contribution < 1.29 is 23.1 Å². The molecule has 1 aliphatic heterocycles. The van der Waals surface area contributed by atoms with E-state index in [4.69, 9.17) is 27.9 Å². The molecule has 2 aromatic rings. The van der Waals surface area contributed by atoms with E-state index in [1.165, 1.54) is 12.1 Å². The van der Waals surface area contributed by atoms with Gasteiger partial charge < -0.3 is 15.2 Å². The molecule has 0 radical (unpaired) electrons. The summed E-state index contributed by atoms with van der Waals surface area (Å²) < 4.78 is 33.5. The highest BCUT2D eigenvalue weighted by Gasteiger charge is 2.34. The average Bonchev–Trinajstić information content (AvgIpc) is 2.76. The molecule has 0 unspecified atom stereocenters. The van der Waals surface area contributed by atoms with Crippen molar-refractivity contribution in [3.63, 3.8) is 0 Å². The summed E-state index contributed by atoms with van der Waals surface area (Å²) >= 11 is 11.9. The molecule has 10 heteroatoms. The zero-order valence-electron chi connectivity index (χ0n) is 16.6. The van der Waals surface area contributed by atoms with Crippen LogP contribution in [0.2, 0.25) is 10.0 Å². The number of amides is 1. The van der Waals surface area contributed by atoms with Gasteiger partial charge in [0.15, 0.2) is 0 Å². The molecule has 7 nitrogen and oxygen atoms in total. The van der Waals surface area contributed by atoms with Gasteiger partial charge in [0.1, 0.15) is 0 Å². The molecule has 1 fully saturated rings. The first-order valence-corrected chi connectivity index (χ1v) is 12.1. The number of hydrogen-bond acceptors (Lipinski definition) is 5. The Morgan fingerprint density at radius 1 is 1.10 bits per heavy atom. The SMILES string of the molecule is O=C(C[C@H]1CC[C@@H](NS(=O)(=O)c2ccccc2)[C@H](CO)O1)NCc1ccc(Cl)c(Cl)c1. The van der Waals surface area contributed by atoms with Crippen molar-refractivity contribution in [2.24, 2.45) is 0 Å². The summed E-state index contributed by atoms with van der Waals surface area (Å²) in [6.07, 6.45) is -0.111. The fraction of sp³-hybridized carbons (Fsp3) is 0.381. The summed E-state index contributed by atoms with van der Waals surface area (Å²) in [5.41, 5.74) is 0.816. The number of nitrogens with one attached hydrogen (secondary N) is 2. The van der Waals surface area contributed by atoms with Crippen LogP contribution in [0.4, 0.5) is 0 Å². The fourth-order valence-electron chi connectivity index (χ4n) is 3.41. The summed E-state index contributed by atoms with van der Waals surface area (Å²) in [5.74, 6) is -0.212. The molecule has 3 atom stereocenters. The normalized spacial score (nSPS) is 21.6. The molecule has 0 aromatic heterocycles. The molecule has 31 heavy (non-hydrogen) atoms. The van der Waals surface area contributed by atoms with E-state index in [1.807, 2.05) is 0 Å². The van der Waals surface area contributed by atoms with Gasteiger partial charge in [0, 0.05) is 6.54 Å². The Bertz CT molecular complexity index is 1000. The fourth-order valence-corrected chi connectivity index (χ4v) is 5.05. The molecular formula is C21H24Cl2N2O5S. The lowest BCUT2D eigenvalue weighted by Gasteiger charge is -2.35. The van der Waals surface area contributed by atoms with Crippen molar-refractivity contribution in [3.8, 4) is 0 Å². The number of aliphatic hydroxyl groups is 1. The molecule has 1 amide bonds. The van der Waals surface area contributed by atoms with Crippen LogP contribution in [0.25, 0.3) is 0 Å². The highest BCUT2D eigenvalue weighted by molar-refractivity contribution is 7.89. The van der Waals surface area contributed by atoms with Crippen molar-refractivity contribution in [2.45, 2.75) is 49.0 Å². The molecule has 1 aliphatic rings. The van der Waals surface area contributed by atoms with Crippen molar-refractivity contribution in [1.29, 1.82) is 0 Å². The standard InChI is InChI=1S/C21H24Cl2N2O5S/c22-17-8-6-14(10-18(17)23)12-24-21(27)11-15-7-9-19(20(13-26)30-15)25-31(28,29)16-4-2-1-3-5-16/h1-6,8,10,15,19-20,25-26H,7,9,11-13H2,(H,24,27)/t15-,19-,20+/m1/s1. The van der Waals surface area contributed by atoms with Gasteiger partial charge >= 0.3 is 0 Å².